The molecule has 0 radical (unpaired) electrons. The van der Waals surface area contributed by atoms with E-state index < -0.39 is 11.6 Å². The van der Waals surface area contributed by atoms with E-state index in [0.29, 0.717) is 5.69 Å². The normalized spacial score (nSPS) is 10.3. The zero-order chi connectivity index (χ0) is 9.26. The highest BCUT2D eigenvalue weighted by Gasteiger charge is 2.08. The molecule has 1 aromatic carbocycles. The molecule has 0 aliphatic rings. The van der Waals surface area contributed by atoms with Gasteiger partial charge in [0.2, 0.25) is 0 Å². The largest absolute Gasteiger partial charge is 0.207 e. The summed E-state index contributed by atoms with van der Waals surface area (Å²) in [4.78, 5) is 0. The topological polar surface area (TPSA) is 25.8 Å². The molecule has 0 bridgehead atoms. The van der Waals surface area contributed by atoms with Crippen molar-refractivity contribution >= 4 is 11.5 Å². The van der Waals surface area contributed by atoms with Gasteiger partial charge >= 0.3 is 0 Å². The predicted octanol–water partition coefficient (Wildman–Crippen LogP) is 2.48. The van der Waals surface area contributed by atoms with E-state index in [1.807, 2.05) is 0 Å². The maximum atomic E-state index is 13.1. The fourth-order valence-electron chi connectivity index (χ4n) is 0.976. The number of aromatic nitrogens is 2. The lowest BCUT2D eigenvalue weighted by molar-refractivity contribution is 0.602. The van der Waals surface area contributed by atoms with Crippen molar-refractivity contribution in [2.45, 2.75) is 0 Å². The SMILES string of the molecule is Fc1ccc(F)c(-c2csnn2)c1. The van der Waals surface area contributed by atoms with Crippen LogP contribution in [0.4, 0.5) is 8.78 Å². The molecule has 0 amide bonds. The van der Waals surface area contributed by atoms with Crippen LogP contribution < -0.4 is 0 Å². The van der Waals surface area contributed by atoms with Crippen LogP contribution >= 0.6 is 11.5 Å². The van der Waals surface area contributed by atoms with Crippen molar-refractivity contribution in [2.24, 2.45) is 0 Å². The molecule has 0 unspecified atom stereocenters. The smallest absolute Gasteiger partial charge is 0.132 e. The molecule has 2 aromatic rings. The van der Waals surface area contributed by atoms with Gasteiger partial charge < -0.3 is 0 Å². The zero-order valence-corrected chi connectivity index (χ0v) is 7.18. The number of hydrogen-bond donors (Lipinski definition) is 0. The van der Waals surface area contributed by atoms with Gasteiger partial charge in [0.1, 0.15) is 17.3 Å². The molecule has 0 saturated heterocycles. The molecule has 0 saturated carbocycles. The molecule has 0 atom stereocenters. The Bertz CT molecular complexity index is 414. The van der Waals surface area contributed by atoms with Gasteiger partial charge in [-0.05, 0) is 29.7 Å². The van der Waals surface area contributed by atoms with Crippen molar-refractivity contribution < 1.29 is 8.78 Å². The molecule has 0 fully saturated rings. The van der Waals surface area contributed by atoms with Gasteiger partial charge in [0.15, 0.2) is 0 Å². The van der Waals surface area contributed by atoms with Gasteiger partial charge in [-0.2, -0.15) is 0 Å². The van der Waals surface area contributed by atoms with E-state index in [1.165, 1.54) is 0 Å². The van der Waals surface area contributed by atoms with E-state index in [2.05, 4.69) is 9.59 Å². The van der Waals surface area contributed by atoms with E-state index in [-0.39, 0.29) is 5.56 Å². The van der Waals surface area contributed by atoms with Crippen LogP contribution in [-0.4, -0.2) is 9.59 Å². The molecule has 0 aliphatic carbocycles. The van der Waals surface area contributed by atoms with Gasteiger partial charge in [0.05, 0.1) is 0 Å². The lowest BCUT2D eigenvalue weighted by atomic mass is 10.1. The number of rotatable bonds is 1. The fourth-order valence-corrected chi connectivity index (χ4v) is 1.43. The van der Waals surface area contributed by atoms with Gasteiger partial charge in [-0.15, -0.1) is 5.10 Å². The minimum Gasteiger partial charge on any atom is -0.207 e. The first-order chi connectivity index (χ1) is 6.27. The Hall–Kier alpha value is -1.36. The Labute approximate surface area is 77.0 Å². The van der Waals surface area contributed by atoms with E-state index >= 15 is 0 Å². The third kappa shape index (κ3) is 1.55. The minimum absolute atomic E-state index is 0.147. The second-order valence-electron chi connectivity index (χ2n) is 2.41. The Morgan fingerprint density at radius 1 is 1.23 bits per heavy atom. The molecule has 5 heteroatoms. The summed E-state index contributed by atoms with van der Waals surface area (Å²) in [5.41, 5.74) is 0.510. The number of nitrogens with zero attached hydrogens (tertiary/aromatic N) is 2. The quantitative estimate of drug-likeness (QED) is 0.703. The molecule has 1 aromatic heterocycles. The van der Waals surface area contributed by atoms with Crippen LogP contribution in [0, 0.1) is 11.6 Å². The summed E-state index contributed by atoms with van der Waals surface area (Å²) in [5, 5.41) is 5.22. The third-order valence-electron chi connectivity index (χ3n) is 1.56. The second-order valence-corrected chi connectivity index (χ2v) is 3.02. The third-order valence-corrected chi connectivity index (χ3v) is 2.07. The molecule has 1 heterocycles. The maximum absolute atomic E-state index is 13.1. The van der Waals surface area contributed by atoms with Crippen LogP contribution in [0.25, 0.3) is 11.3 Å². The highest BCUT2D eigenvalue weighted by Crippen LogP contribution is 2.21. The number of benzene rings is 1. The van der Waals surface area contributed by atoms with Crippen LogP contribution in [-0.2, 0) is 0 Å². The molecule has 0 N–H and O–H groups in total. The monoisotopic (exact) mass is 198 g/mol. The summed E-state index contributed by atoms with van der Waals surface area (Å²) in [6.07, 6.45) is 0. The zero-order valence-electron chi connectivity index (χ0n) is 6.37. The van der Waals surface area contributed by atoms with Crippen molar-refractivity contribution in [3.05, 3.63) is 35.2 Å². The van der Waals surface area contributed by atoms with Crippen molar-refractivity contribution in [3.63, 3.8) is 0 Å². The highest BCUT2D eigenvalue weighted by molar-refractivity contribution is 7.03. The predicted molar refractivity (Wildman–Crippen MR) is 45.3 cm³/mol. The van der Waals surface area contributed by atoms with Gasteiger partial charge in [-0.1, -0.05) is 4.49 Å². The van der Waals surface area contributed by atoms with Crippen LogP contribution in [0.5, 0.6) is 0 Å². The Morgan fingerprint density at radius 3 is 2.77 bits per heavy atom. The van der Waals surface area contributed by atoms with Gasteiger partial charge in [0.25, 0.3) is 0 Å². The lowest BCUT2D eigenvalue weighted by Crippen LogP contribution is -1.86. The van der Waals surface area contributed by atoms with Crippen molar-refractivity contribution in [2.75, 3.05) is 0 Å². The summed E-state index contributed by atoms with van der Waals surface area (Å²) in [7, 11) is 0. The van der Waals surface area contributed by atoms with Gasteiger partial charge in [0, 0.05) is 10.9 Å². The minimum atomic E-state index is -0.492. The van der Waals surface area contributed by atoms with Gasteiger partial charge in [-0.3, -0.25) is 0 Å². The van der Waals surface area contributed by atoms with Crippen LogP contribution in [0.2, 0.25) is 0 Å². The van der Waals surface area contributed by atoms with E-state index in [9.17, 15) is 8.78 Å². The molecular weight excluding hydrogens is 194 g/mol. The first-order valence-corrected chi connectivity index (χ1v) is 4.33. The molecule has 2 rings (SSSR count). The van der Waals surface area contributed by atoms with Crippen LogP contribution in [0.15, 0.2) is 23.6 Å². The second kappa shape index (κ2) is 3.18. The number of halogens is 2. The summed E-state index contributed by atoms with van der Waals surface area (Å²) >= 11 is 1.10. The van der Waals surface area contributed by atoms with Crippen molar-refractivity contribution in [1.29, 1.82) is 0 Å². The highest BCUT2D eigenvalue weighted by atomic mass is 32.1. The van der Waals surface area contributed by atoms with Crippen molar-refractivity contribution in [1.82, 2.24) is 9.59 Å². The molecule has 66 valence electrons. The average Bonchev–Trinajstić information content (AvgIpc) is 2.61. The van der Waals surface area contributed by atoms with E-state index in [1.54, 1.807) is 5.38 Å². The summed E-state index contributed by atoms with van der Waals surface area (Å²) in [6.45, 7) is 0. The average molecular weight is 198 g/mol. The standard InChI is InChI=1S/C8H4F2N2S/c9-5-1-2-7(10)6(3-5)8-4-13-12-11-8/h1-4H. The summed E-state index contributed by atoms with van der Waals surface area (Å²) < 4.78 is 29.4. The Kier molecular flexibility index (Phi) is 2.02. The maximum Gasteiger partial charge on any atom is 0.132 e. The van der Waals surface area contributed by atoms with Crippen LogP contribution in [0.3, 0.4) is 0 Å². The Morgan fingerprint density at radius 2 is 2.08 bits per heavy atom. The molecule has 0 aliphatic heterocycles. The van der Waals surface area contributed by atoms with Gasteiger partial charge in [-0.25, -0.2) is 8.78 Å². The van der Waals surface area contributed by atoms with E-state index in [4.69, 9.17) is 0 Å². The summed E-state index contributed by atoms with van der Waals surface area (Å²) in [6, 6.07) is 3.24. The van der Waals surface area contributed by atoms with Crippen molar-refractivity contribution in [3.8, 4) is 11.3 Å². The molecule has 2 nitrogen and oxygen atoms in total. The first kappa shape index (κ1) is 8.25. The Balaban J connectivity index is 2.57. The molecule has 13 heavy (non-hydrogen) atoms. The fraction of sp³-hybridized carbons (Fsp3) is 0. The molecular formula is C8H4F2N2S. The van der Waals surface area contributed by atoms with Crippen LogP contribution in [0.1, 0.15) is 0 Å². The molecule has 0 spiro atoms. The summed E-state index contributed by atoms with van der Waals surface area (Å²) in [5.74, 6) is -0.974. The van der Waals surface area contributed by atoms with E-state index in [0.717, 1.165) is 29.7 Å². The number of hydrogen-bond acceptors (Lipinski definition) is 3. The first-order valence-electron chi connectivity index (χ1n) is 3.50. The lowest BCUT2D eigenvalue weighted by Gasteiger charge is -1.97.